The Morgan fingerprint density at radius 3 is 2.36 bits per heavy atom. The molecule has 0 aliphatic heterocycles. The van der Waals surface area contributed by atoms with Crippen LogP contribution < -0.4 is 16.0 Å². The van der Waals surface area contributed by atoms with Crippen molar-refractivity contribution in [2.45, 2.75) is 26.3 Å². The first-order valence-electron chi connectivity index (χ1n) is 7.79. The van der Waals surface area contributed by atoms with Crippen LogP contribution in [0.25, 0.3) is 0 Å². The van der Waals surface area contributed by atoms with Gasteiger partial charge in [0.2, 0.25) is 5.91 Å². The Kier molecular flexibility index (Phi) is 5.93. The molecule has 1 aromatic heterocycles. The van der Waals surface area contributed by atoms with Gasteiger partial charge in [-0.15, -0.1) is 11.3 Å². The minimum Gasteiger partial charge on any atom is -0.350 e. The number of rotatable bonds is 5. The molecule has 0 unspecified atom stereocenters. The summed E-state index contributed by atoms with van der Waals surface area (Å²) < 4.78 is 0. The Balaban J connectivity index is 2.03. The summed E-state index contributed by atoms with van der Waals surface area (Å²) in [6.07, 6.45) is 0. The van der Waals surface area contributed by atoms with Crippen LogP contribution in [-0.4, -0.2) is 29.8 Å². The van der Waals surface area contributed by atoms with E-state index in [2.05, 4.69) is 16.0 Å². The highest BCUT2D eigenvalue weighted by Gasteiger charge is 2.17. The Morgan fingerprint density at radius 2 is 1.72 bits per heavy atom. The van der Waals surface area contributed by atoms with E-state index in [-0.39, 0.29) is 23.9 Å². The maximum Gasteiger partial charge on any atom is 0.265 e. The summed E-state index contributed by atoms with van der Waals surface area (Å²) in [6.45, 7) is 5.45. The van der Waals surface area contributed by atoms with E-state index < -0.39 is 5.91 Å². The highest BCUT2D eigenvalue weighted by molar-refractivity contribution is 7.12. The summed E-state index contributed by atoms with van der Waals surface area (Å²) in [5, 5.41) is 9.88. The summed E-state index contributed by atoms with van der Waals surface area (Å²) in [4.78, 5) is 36.9. The zero-order valence-electron chi connectivity index (χ0n) is 14.4. The van der Waals surface area contributed by atoms with Crippen molar-refractivity contribution in [1.82, 2.24) is 10.6 Å². The van der Waals surface area contributed by atoms with Crippen molar-refractivity contribution in [3.05, 3.63) is 52.2 Å². The minimum absolute atomic E-state index is 0.136. The van der Waals surface area contributed by atoms with E-state index in [1.165, 1.54) is 11.3 Å². The molecule has 0 atom stereocenters. The average molecular weight is 359 g/mol. The van der Waals surface area contributed by atoms with Gasteiger partial charge in [0.25, 0.3) is 11.8 Å². The molecule has 6 nitrogen and oxygen atoms in total. The third kappa shape index (κ3) is 5.72. The molecule has 3 N–H and O–H groups in total. The van der Waals surface area contributed by atoms with E-state index in [0.717, 1.165) is 0 Å². The lowest BCUT2D eigenvalue weighted by Crippen LogP contribution is -2.45. The largest absolute Gasteiger partial charge is 0.350 e. The van der Waals surface area contributed by atoms with Gasteiger partial charge in [-0.25, -0.2) is 0 Å². The van der Waals surface area contributed by atoms with Crippen molar-refractivity contribution < 1.29 is 14.4 Å². The number of para-hydroxylation sites is 1. The standard InChI is InChI=1S/C18H21N3O3S/c1-18(2,3)21-15(22)11-19-16(23)12-7-4-5-8-13(12)20-17(24)14-9-6-10-25-14/h4-10H,11H2,1-3H3,(H,19,23)(H,20,24)(H,21,22). The molecule has 7 heteroatoms. The second-order valence-electron chi connectivity index (χ2n) is 6.46. The molecule has 0 saturated heterocycles. The van der Waals surface area contributed by atoms with Crippen LogP contribution in [0.2, 0.25) is 0 Å². The number of carbonyl (C=O) groups is 3. The molecule has 0 bridgehead atoms. The minimum atomic E-state index is -0.425. The molecule has 0 fully saturated rings. The van der Waals surface area contributed by atoms with Gasteiger partial charge >= 0.3 is 0 Å². The summed E-state index contributed by atoms with van der Waals surface area (Å²) in [5.41, 5.74) is 0.333. The lowest BCUT2D eigenvalue weighted by molar-refractivity contribution is -0.121. The van der Waals surface area contributed by atoms with Crippen LogP contribution in [-0.2, 0) is 4.79 Å². The van der Waals surface area contributed by atoms with Crippen molar-refractivity contribution in [2.75, 3.05) is 11.9 Å². The molecule has 2 aromatic rings. The van der Waals surface area contributed by atoms with Gasteiger partial charge in [-0.1, -0.05) is 18.2 Å². The predicted octanol–water partition coefficient (Wildman–Crippen LogP) is 2.64. The van der Waals surface area contributed by atoms with E-state index in [4.69, 9.17) is 0 Å². The zero-order valence-corrected chi connectivity index (χ0v) is 15.2. The molecule has 1 heterocycles. The zero-order chi connectivity index (χ0) is 18.4. The first kappa shape index (κ1) is 18.7. The fourth-order valence-corrected chi connectivity index (χ4v) is 2.72. The molecular formula is C18H21N3O3S. The number of anilines is 1. The van der Waals surface area contributed by atoms with E-state index in [1.807, 2.05) is 20.8 Å². The normalized spacial score (nSPS) is 10.8. The molecule has 0 saturated carbocycles. The van der Waals surface area contributed by atoms with Crippen LogP contribution in [0, 0.1) is 0 Å². The lowest BCUT2D eigenvalue weighted by atomic mass is 10.1. The number of thiophene rings is 1. The second kappa shape index (κ2) is 7.94. The van der Waals surface area contributed by atoms with Crippen LogP contribution >= 0.6 is 11.3 Å². The van der Waals surface area contributed by atoms with Crippen molar-refractivity contribution in [3.8, 4) is 0 Å². The molecule has 0 aliphatic rings. The number of nitrogens with one attached hydrogen (secondary N) is 3. The summed E-state index contributed by atoms with van der Waals surface area (Å²) in [7, 11) is 0. The highest BCUT2D eigenvalue weighted by Crippen LogP contribution is 2.17. The van der Waals surface area contributed by atoms with Gasteiger partial charge < -0.3 is 16.0 Å². The Bertz CT molecular complexity index is 764. The molecule has 3 amide bonds. The Hall–Kier alpha value is -2.67. The highest BCUT2D eigenvalue weighted by atomic mass is 32.1. The van der Waals surface area contributed by atoms with Gasteiger partial charge in [0, 0.05) is 5.54 Å². The third-order valence-electron chi connectivity index (χ3n) is 3.09. The van der Waals surface area contributed by atoms with Crippen molar-refractivity contribution >= 4 is 34.7 Å². The molecule has 0 radical (unpaired) electrons. The first-order chi connectivity index (χ1) is 11.8. The lowest BCUT2D eigenvalue weighted by Gasteiger charge is -2.20. The average Bonchev–Trinajstić information content (AvgIpc) is 3.06. The van der Waals surface area contributed by atoms with Gasteiger partial charge in [-0.2, -0.15) is 0 Å². The number of amides is 3. The van der Waals surface area contributed by atoms with Crippen LogP contribution in [0.1, 0.15) is 40.8 Å². The SMILES string of the molecule is CC(C)(C)NC(=O)CNC(=O)c1ccccc1NC(=O)c1cccs1. The first-order valence-corrected chi connectivity index (χ1v) is 8.67. The fraction of sp³-hybridized carbons (Fsp3) is 0.278. The van der Waals surface area contributed by atoms with Gasteiger partial charge in [-0.05, 0) is 44.4 Å². The van der Waals surface area contributed by atoms with E-state index in [0.29, 0.717) is 16.1 Å². The van der Waals surface area contributed by atoms with Crippen molar-refractivity contribution in [2.24, 2.45) is 0 Å². The van der Waals surface area contributed by atoms with Crippen molar-refractivity contribution in [3.63, 3.8) is 0 Å². The number of hydrogen-bond donors (Lipinski definition) is 3. The second-order valence-corrected chi connectivity index (χ2v) is 7.41. The Labute approximate surface area is 150 Å². The van der Waals surface area contributed by atoms with E-state index in [9.17, 15) is 14.4 Å². The molecule has 0 spiro atoms. The smallest absolute Gasteiger partial charge is 0.265 e. The topological polar surface area (TPSA) is 87.3 Å². The van der Waals surface area contributed by atoms with Gasteiger partial charge in [0.15, 0.2) is 0 Å². The fourth-order valence-electron chi connectivity index (χ4n) is 2.10. The molecule has 2 rings (SSSR count). The molecule has 25 heavy (non-hydrogen) atoms. The van der Waals surface area contributed by atoms with Gasteiger partial charge in [0.1, 0.15) is 0 Å². The summed E-state index contributed by atoms with van der Waals surface area (Å²) in [6, 6.07) is 10.2. The maximum atomic E-state index is 12.4. The van der Waals surface area contributed by atoms with Gasteiger partial charge in [-0.3, -0.25) is 14.4 Å². The van der Waals surface area contributed by atoms with Crippen LogP contribution in [0.15, 0.2) is 41.8 Å². The van der Waals surface area contributed by atoms with E-state index >= 15 is 0 Å². The quantitative estimate of drug-likeness (QED) is 0.767. The summed E-state index contributed by atoms with van der Waals surface area (Å²) in [5.74, 6) is -0.979. The number of hydrogen-bond acceptors (Lipinski definition) is 4. The molecule has 1 aromatic carbocycles. The predicted molar refractivity (Wildman–Crippen MR) is 98.9 cm³/mol. The molecular weight excluding hydrogens is 338 g/mol. The summed E-state index contributed by atoms with van der Waals surface area (Å²) >= 11 is 1.32. The monoisotopic (exact) mass is 359 g/mol. The van der Waals surface area contributed by atoms with Gasteiger partial charge in [0.05, 0.1) is 22.7 Å². The van der Waals surface area contributed by atoms with Crippen LogP contribution in [0.4, 0.5) is 5.69 Å². The van der Waals surface area contributed by atoms with Crippen LogP contribution in [0.5, 0.6) is 0 Å². The molecule has 132 valence electrons. The van der Waals surface area contributed by atoms with E-state index in [1.54, 1.807) is 41.8 Å². The van der Waals surface area contributed by atoms with Crippen LogP contribution in [0.3, 0.4) is 0 Å². The maximum absolute atomic E-state index is 12.4. The number of carbonyl (C=O) groups excluding carboxylic acids is 3. The number of benzene rings is 1. The molecule has 0 aliphatic carbocycles. The third-order valence-corrected chi connectivity index (χ3v) is 3.96. The van der Waals surface area contributed by atoms with Crippen molar-refractivity contribution in [1.29, 1.82) is 0 Å². The Morgan fingerprint density at radius 1 is 1.00 bits per heavy atom.